The molecule has 0 saturated heterocycles. The number of alkyl halides is 3. The fraction of sp³-hybridized carbons (Fsp3) is 0.312. The van der Waals surface area contributed by atoms with Crippen LogP contribution in [0.2, 0.25) is 0 Å². The maximum absolute atomic E-state index is 12.7. The Labute approximate surface area is 136 Å². The second-order valence-electron chi connectivity index (χ2n) is 5.67. The van der Waals surface area contributed by atoms with Crippen molar-refractivity contribution in [3.8, 4) is 0 Å². The van der Waals surface area contributed by atoms with Gasteiger partial charge in [0.25, 0.3) is 11.5 Å². The van der Waals surface area contributed by atoms with Crippen LogP contribution in [0.5, 0.6) is 0 Å². The normalized spacial score (nSPS) is 11.6. The molecular weight excluding hydrogens is 323 g/mol. The largest absolute Gasteiger partial charge is 0.416 e. The van der Waals surface area contributed by atoms with E-state index in [9.17, 15) is 22.8 Å². The fourth-order valence-electron chi connectivity index (χ4n) is 2.02. The van der Waals surface area contributed by atoms with Gasteiger partial charge in [0.05, 0.1) is 5.56 Å². The highest BCUT2D eigenvalue weighted by Gasteiger charge is 2.30. The third-order valence-corrected chi connectivity index (χ3v) is 3.09. The highest BCUT2D eigenvalue weighted by molar-refractivity contribution is 6.02. The minimum atomic E-state index is -4.50. The highest BCUT2D eigenvalue weighted by atomic mass is 19.4. The topological polar surface area (TPSA) is 64.0 Å². The molecule has 1 aromatic carbocycles. The molecule has 2 rings (SSSR count). The van der Waals surface area contributed by atoms with E-state index in [1.807, 2.05) is 13.8 Å². The van der Waals surface area contributed by atoms with Crippen molar-refractivity contribution in [2.24, 2.45) is 5.92 Å². The second kappa shape index (κ2) is 6.86. The van der Waals surface area contributed by atoms with E-state index in [0.717, 1.165) is 16.8 Å². The van der Waals surface area contributed by atoms with Crippen LogP contribution in [0.15, 0.2) is 41.2 Å². The summed E-state index contributed by atoms with van der Waals surface area (Å²) in [6.45, 7) is 4.12. The van der Waals surface area contributed by atoms with Gasteiger partial charge in [0.2, 0.25) is 0 Å². The Bertz CT molecular complexity index is 798. The van der Waals surface area contributed by atoms with E-state index < -0.39 is 17.6 Å². The van der Waals surface area contributed by atoms with Crippen molar-refractivity contribution in [2.45, 2.75) is 26.6 Å². The molecule has 0 radical (unpaired) electrons. The number of halogens is 3. The minimum Gasteiger partial charge on any atom is -0.321 e. The minimum absolute atomic E-state index is 0.00163. The summed E-state index contributed by atoms with van der Waals surface area (Å²) < 4.78 is 39.2. The van der Waals surface area contributed by atoms with Gasteiger partial charge in [-0.25, -0.2) is 4.68 Å². The Kier molecular flexibility index (Phi) is 5.06. The summed E-state index contributed by atoms with van der Waals surface area (Å²) in [6, 6.07) is 6.74. The van der Waals surface area contributed by atoms with Crippen LogP contribution < -0.4 is 10.9 Å². The van der Waals surface area contributed by atoms with Crippen molar-refractivity contribution in [2.75, 3.05) is 5.32 Å². The molecule has 0 bridgehead atoms. The molecule has 1 amide bonds. The molecule has 0 unspecified atom stereocenters. The first-order chi connectivity index (χ1) is 11.2. The van der Waals surface area contributed by atoms with Crippen molar-refractivity contribution in [3.05, 3.63) is 58.0 Å². The summed E-state index contributed by atoms with van der Waals surface area (Å²) >= 11 is 0. The molecule has 0 aliphatic rings. The molecule has 5 nitrogen and oxygen atoms in total. The van der Waals surface area contributed by atoms with Crippen LogP contribution in [0.25, 0.3) is 0 Å². The van der Waals surface area contributed by atoms with E-state index in [1.165, 1.54) is 24.3 Å². The molecule has 1 N–H and O–H groups in total. The Morgan fingerprint density at radius 1 is 1.25 bits per heavy atom. The van der Waals surface area contributed by atoms with Gasteiger partial charge in [-0.2, -0.15) is 18.3 Å². The number of carbonyl (C=O) groups is 1. The molecule has 1 aromatic heterocycles. The molecule has 8 heteroatoms. The molecule has 1 heterocycles. The Morgan fingerprint density at radius 3 is 2.58 bits per heavy atom. The summed E-state index contributed by atoms with van der Waals surface area (Å²) in [5.74, 6) is -0.538. The number of nitrogens with zero attached hydrogens (tertiary/aromatic N) is 2. The first kappa shape index (κ1) is 17.7. The van der Waals surface area contributed by atoms with Gasteiger partial charge < -0.3 is 5.32 Å². The number of nitrogens with one attached hydrogen (secondary N) is 1. The van der Waals surface area contributed by atoms with Crippen LogP contribution in [0, 0.1) is 5.92 Å². The number of anilines is 1. The van der Waals surface area contributed by atoms with E-state index in [2.05, 4.69) is 10.4 Å². The smallest absolute Gasteiger partial charge is 0.321 e. The quantitative estimate of drug-likeness (QED) is 0.930. The predicted octanol–water partition coefficient (Wildman–Crippen LogP) is 3.17. The lowest BCUT2D eigenvalue weighted by Gasteiger charge is -2.11. The van der Waals surface area contributed by atoms with Gasteiger partial charge in [-0.3, -0.25) is 9.59 Å². The van der Waals surface area contributed by atoms with E-state index in [1.54, 1.807) is 0 Å². The maximum atomic E-state index is 12.7. The van der Waals surface area contributed by atoms with Crippen molar-refractivity contribution in [3.63, 3.8) is 0 Å². The van der Waals surface area contributed by atoms with Gasteiger partial charge in [-0.1, -0.05) is 19.9 Å². The average Bonchev–Trinajstić information content (AvgIpc) is 2.48. The maximum Gasteiger partial charge on any atom is 0.416 e. The number of carbonyl (C=O) groups excluding carboxylic acids is 1. The number of benzene rings is 1. The first-order valence-corrected chi connectivity index (χ1v) is 7.23. The molecule has 0 fully saturated rings. The number of amides is 1. The molecule has 2 aromatic rings. The molecule has 0 aliphatic heterocycles. The summed E-state index contributed by atoms with van der Waals surface area (Å²) in [7, 11) is 0. The molecule has 0 aliphatic carbocycles. The molecular formula is C16H16F3N3O2. The van der Waals surface area contributed by atoms with Crippen LogP contribution in [0.4, 0.5) is 18.9 Å². The van der Waals surface area contributed by atoms with Crippen molar-refractivity contribution >= 4 is 11.6 Å². The monoisotopic (exact) mass is 339 g/mol. The van der Waals surface area contributed by atoms with Crippen LogP contribution in [0.1, 0.15) is 29.9 Å². The summed E-state index contributed by atoms with van der Waals surface area (Å²) in [4.78, 5) is 23.8. The molecule has 0 saturated carbocycles. The van der Waals surface area contributed by atoms with E-state index in [-0.39, 0.29) is 22.9 Å². The summed E-state index contributed by atoms with van der Waals surface area (Å²) in [5.41, 5.74) is -1.26. The van der Waals surface area contributed by atoms with E-state index in [4.69, 9.17) is 0 Å². The third kappa shape index (κ3) is 4.43. The predicted molar refractivity (Wildman–Crippen MR) is 82.7 cm³/mol. The number of hydrogen-bond acceptors (Lipinski definition) is 3. The van der Waals surface area contributed by atoms with Crippen LogP contribution in [-0.4, -0.2) is 15.7 Å². The SMILES string of the molecule is CC(C)Cn1nc(C(=O)Nc2cccc(C(F)(F)F)c2)ccc1=O. The third-order valence-electron chi connectivity index (χ3n) is 3.09. The lowest BCUT2D eigenvalue weighted by atomic mass is 10.2. The van der Waals surface area contributed by atoms with Crippen LogP contribution >= 0.6 is 0 Å². The average molecular weight is 339 g/mol. The second-order valence-corrected chi connectivity index (χ2v) is 5.67. The highest BCUT2D eigenvalue weighted by Crippen LogP contribution is 2.30. The van der Waals surface area contributed by atoms with Crippen LogP contribution in [0.3, 0.4) is 0 Å². The van der Waals surface area contributed by atoms with Crippen molar-refractivity contribution in [1.29, 1.82) is 0 Å². The van der Waals surface area contributed by atoms with E-state index in [0.29, 0.717) is 6.54 Å². The van der Waals surface area contributed by atoms with Gasteiger partial charge in [0.1, 0.15) is 5.69 Å². The number of aromatic nitrogens is 2. The fourth-order valence-corrected chi connectivity index (χ4v) is 2.02. The number of rotatable bonds is 4. The standard InChI is InChI=1S/C16H16F3N3O2/c1-10(2)9-22-14(23)7-6-13(21-22)15(24)20-12-5-3-4-11(8-12)16(17,18)19/h3-8,10H,9H2,1-2H3,(H,20,24). The first-order valence-electron chi connectivity index (χ1n) is 7.23. The lowest BCUT2D eigenvalue weighted by molar-refractivity contribution is -0.137. The molecule has 24 heavy (non-hydrogen) atoms. The zero-order chi connectivity index (χ0) is 17.9. The zero-order valence-electron chi connectivity index (χ0n) is 13.1. The van der Waals surface area contributed by atoms with Gasteiger partial charge in [0, 0.05) is 18.3 Å². The van der Waals surface area contributed by atoms with Gasteiger partial charge in [-0.05, 0) is 30.2 Å². The van der Waals surface area contributed by atoms with Crippen molar-refractivity contribution in [1.82, 2.24) is 9.78 Å². The molecule has 128 valence electrons. The summed E-state index contributed by atoms with van der Waals surface area (Å²) in [6.07, 6.45) is -4.50. The number of hydrogen-bond donors (Lipinski definition) is 1. The Hall–Kier alpha value is -2.64. The van der Waals surface area contributed by atoms with Gasteiger partial charge in [0.15, 0.2) is 0 Å². The van der Waals surface area contributed by atoms with Gasteiger partial charge >= 0.3 is 6.18 Å². The van der Waals surface area contributed by atoms with E-state index >= 15 is 0 Å². The van der Waals surface area contributed by atoms with Crippen molar-refractivity contribution < 1.29 is 18.0 Å². The molecule has 0 atom stereocenters. The summed E-state index contributed by atoms with van der Waals surface area (Å²) in [5, 5.41) is 6.30. The Morgan fingerprint density at radius 2 is 1.96 bits per heavy atom. The Balaban J connectivity index is 2.23. The van der Waals surface area contributed by atoms with Gasteiger partial charge in [-0.15, -0.1) is 0 Å². The molecule has 0 spiro atoms. The lowest BCUT2D eigenvalue weighted by Crippen LogP contribution is -2.27. The van der Waals surface area contributed by atoms with Crippen LogP contribution in [-0.2, 0) is 12.7 Å². The zero-order valence-corrected chi connectivity index (χ0v) is 13.1.